The van der Waals surface area contributed by atoms with E-state index in [9.17, 15) is 4.39 Å². The van der Waals surface area contributed by atoms with Crippen LogP contribution in [0.1, 0.15) is 31.9 Å². The van der Waals surface area contributed by atoms with Crippen molar-refractivity contribution in [3.05, 3.63) is 88.1 Å². The minimum Gasteiger partial charge on any atom is -0.493 e. The first kappa shape index (κ1) is 22.3. The molecule has 5 heteroatoms. The van der Waals surface area contributed by atoms with Crippen LogP contribution in [0.3, 0.4) is 0 Å². The summed E-state index contributed by atoms with van der Waals surface area (Å²) in [6.45, 7) is 7.96. The highest BCUT2D eigenvalue weighted by Gasteiger charge is 2.22. The molecule has 158 valence electrons. The predicted molar refractivity (Wildman–Crippen MR) is 121 cm³/mol. The van der Waals surface area contributed by atoms with E-state index in [1.165, 1.54) is 17.7 Å². The summed E-state index contributed by atoms with van der Waals surface area (Å²) in [5.41, 5.74) is 2.03. The van der Waals surface area contributed by atoms with E-state index in [4.69, 9.17) is 14.2 Å². The minimum atomic E-state index is -0.285. The lowest BCUT2D eigenvalue weighted by Gasteiger charge is -2.26. The van der Waals surface area contributed by atoms with Gasteiger partial charge in [-0.15, -0.1) is 0 Å². The normalized spacial score (nSPS) is 11.4. The molecule has 3 aromatic carbocycles. The van der Waals surface area contributed by atoms with Crippen molar-refractivity contribution < 1.29 is 18.6 Å². The topological polar surface area (TPSA) is 27.7 Å². The zero-order valence-corrected chi connectivity index (χ0v) is 19.0. The van der Waals surface area contributed by atoms with Gasteiger partial charge in [0.15, 0.2) is 0 Å². The van der Waals surface area contributed by atoms with Gasteiger partial charge in [-0.3, -0.25) is 0 Å². The van der Waals surface area contributed by atoms with Gasteiger partial charge in [0.1, 0.15) is 23.1 Å². The molecule has 0 aliphatic heterocycles. The fourth-order valence-electron chi connectivity index (χ4n) is 3.04. The van der Waals surface area contributed by atoms with Crippen molar-refractivity contribution in [2.45, 2.75) is 32.8 Å². The Kier molecular flexibility index (Phi) is 7.51. The lowest BCUT2D eigenvalue weighted by molar-refractivity contribution is 0.0823. The molecule has 0 atom stereocenters. The molecule has 0 N–H and O–H groups in total. The molecule has 0 spiro atoms. The van der Waals surface area contributed by atoms with E-state index in [0.29, 0.717) is 31.3 Å². The summed E-state index contributed by atoms with van der Waals surface area (Å²) in [5.74, 6) is 1.84. The molecular formula is C25H26BrFO3. The second kappa shape index (κ2) is 10.1. The summed E-state index contributed by atoms with van der Waals surface area (Å²) in [4.78, 5) is 0. The van der Waals surface area contributed by atoms with Crippen LogP contribution in [-0.4, -0.2) is 13.2 Å². The Hall–Kier alpha value is -2.37. The predicted octanol–water partition coefficient (Wildman–Crippen LogP) is 7.27. The monoisotopic (exact) mass is 472 g/mol. The van der Waals surface area contributed by atoms with E-state index in [-0.39, 0.29) is 11.2 Å². The van der Waals surface area contributed by atoms with Crippen molar-refractivity contribution in [2.75, 3.05) is 13.2 Å². The molecule has 0 fully saturated rings. The summed E-state index contributed by atoms with van der Waals surface area (Å²) in [6, 6.07) is 19.9. The van der Waals surface area contributed by atoms with Gasteiger partial charge >= 0.3 is 0 Å². The molecule has 0 aliphatic carbocycles. The van der Waals surface area contributed by atoms with Crippen molar-refractivity contribution in [3.8, 4) is 17.2 Å². The van der Waals surface area contributed by atoms with Crippen molar-refractivity contribution in [2.24, 2.45) is 0 Å². The molecule has 30 heavy (non-hydrogen) atoms. The van der Waals surface area contributed by atoms with Gasteiger partial charge in [-0.05, 0) is 82.5 Å². The molecule has 0 aromatic heterocycles. The van der Waals surface area contributed by atoms with Crippen molar-refractivity contribution in [1.82, 2.24) is 0 Å². The highest BCUT2D eigenvalue weighted by molar-refractivity contribution is 9.10. The highest BCUT2D eigenvalue weighted by Crippen LogP contribution is 2.32. The standard InChI is InChI=1S/C25H26BrFO3/c1-4-29-24-13-8-19(15-23(24)26)25(2,3)17-28-16-18-6-5-7-22(14-18)30-21-11-9-20(27)10-12-21/h5-15H,4,16-17H2,1-3H3. The van der Waals surface area contributed by atoms with Gasteiger partial charge in [0.25, 0.3) is 0 Å². The first-order chi connectivity index (χ1) is 14.4. The number of hydrogen-bond donors (Lipinski definition) is 0. The fourth-order valence-corrected chi connectivity index (χ4v) is 3.53. The van der Waals surface area contributed by atoms with Crippen molar-refractivity contribution in [1.29, 1.82) is 0 Å². The summed E-state index contributed by atoms with van der Waals surface area (Å²) in [5, 5.41) is 0. The molecule has 0 radical (unpaired) electrons. The van der Waals surface area contributed by atoms with Crippen LogP contribution in [0.2, 0.25) is 0 Å². The van der Waals surface area contributed by atoms with E-state index < -0.39 is 0 Å². The number of hydrogen-bond acceptors (Lipinski definition) is 3. The third-order valence-electron chi connectivity index (χ3n) is 4.69. The number of rotatable bonds is 9. The molecule has 0 heterocycles. The first-order valence-corrected chi connectivity index (χ1v) is 10.7. The Morgan fingerprint density at radius 3 is 2.40 bits per heavy atom. The Balaban J connectivity index is 1.59. The van der Waals surface area contributed by atoms with Gasteiger partial charge < -0.3 is 14.2 Å². The Morgan fingerprint density at radius 1 is 0.933 bits per heavy atom. The molecule has 0 amide bonds. The summed E-state index contributed by atoms with van der Waals surface area (Å²) in [6.07, 6.45) is 0. The largest absolute Gasteiger partial charge is 0.493 e. The maximum Gasteiger partial charge on any atom is 0.133 e. The smallest absolute Gasteiger partial charge is 0.133 e. The zero-order chi connectivity index (χ0) is 21.6. The van der Waals surface area contributed by atoms with Crippen molar-refractivity contribution >= 4 is 15.9 Å². The van der Waals surface area contributed by atoms with Crippen LogP contribution >= 0.6 is 15.9 Å². The Labute approximate surface area is 185 Å². The van der Waals surface area contributed by atoms with Crippen LogP contribution in [-0.2, 0) is 16.8 Å². The average Bonchev–Trinajstić information content (AvgIpc) is 2.71. The van der Waals surface area contributed by atoms with Gasteiger partial charge in [-0.2, -0.15) is 0 Å². The van der Waals surface area contributed by atoms with Crippen LogP contribution in [0.4, 0.5) is 4.39 Å². The molecule has 3 rings (SSSR count). The Bertz CT molecular complexity index is 970. The molecule has 3 aromatic rings. The van der Waals surface area contributed by atoms with Crippen LogP contribution in [0.5, 0.6) is 17.2 Å². The lowest BCUT2D eigenvalue weighted by atomic mass is 9.85. The third-order valence-corrected chi connectivity index (χ3v) is 5.31. The minimum absolute atomic E-state index is 0.157. The van der Waals surface area contributed by atoms with Crippen LogP contribution in [0, 0.1) is 5.82 Å². The number of ether oxygens (including phenoxy) is 3. The molecule has 0 unspecified atom stereocenters. The van der Waals surface area contributed by atoms with Gasteiger partial charge in [0, 0.05) is 5.41 Å². The quantitative estimate of drug-likeness (QED) is 0.327. The van der Waals surface area contributed by atoms with E-state index in [0.717, 1.165) is 15.8 Å². The van der Waals surface area contributed by atoms with E-state index in [1.807, 2.05) is 37.3 Å². The maximum absolute atomic E-state index is 13.0. The van der Waals surface area contributed by atoms with Crippen LogP contribution in [0.25, 0.3) is 0 Å². The molecular weight excluding hydrogens is 447 g/mol. The van der Waals surface area contributed by atoms with Gasteiger partial charge in [-0.1, -0.05) is 32.0 Å². The molecule has 3 nitrogen and oxygen atoms in total. The van der Waals surface area contributed by atoms with Gasteiger partial charge in [0.2, 0.25) is 0 Å². The van der Waals surface area contributed by atoms with Gasteiger partial charge in [0.05, 0.1) is 24.3 Å². The SMILES string of the molecule is CCOc1ccc(C(C)(C)COCc2cccc(Oc3ccc(F)cc3)c2)cc1Br. The van der Waals surface area contributed by atoms with E-state index in [2.05, 4.69) is 41.9 Å². The van der Waals surface area contributed by atoms with Gasteiger partial charge in [-0.25, -0.2) is 4.39 Å². The third kappa shape index (κ3) is 6.07. The first-order valence-electron chi connectivity index (χ1n) is 9.90. The average molecular weight is 473 g/mol. The van der Waals surface area contributed by atoms with E-state index in [1.54, 1.807) is 12.1 Å². The number of benzene rings is 3. The van der Waals surface area contributed by atoms with Crippen molar-refractivity contribution in [3.63, 3.8) is 0 Å². The van der Waals surface area contributed by atoms with E-state index >= 15 is 0 Å². The van der Waals surface area contributed by atoms with Crippen LogP contribution < -0.4 is 9.47 Å². The lowest BCUT2D eigenvalue weighted by Crippen LogP contribution is -2.24. The summed E-state index contributed by atoms with van der Waals surface area (Å²) < 4.78 is 31.4. The second-order valence-electron chi connectivity index (χ2n) is 7.66. The summed E-state index contributed by atoms with van der Waals surface area (Å²) in [7, 11) is 0. The Morgan fingerprint density at radius 2 is 1.70 bits per heavy atom. The fraction of sp³-hybridized carbons (Fsp3) is 0.280. The summed E-state index contributed by atoms with van der Waals surface area (Å²) >= 11 is 3.58. The van der Waals surface area contributed by atoms with Crippen LogP contribution in [0.15, 0.2) is 71.2 Å². The molecule has 0 saturated carbocycles. The number of halogens is 2. The highest BCUT2D eigenvalue weighted by atomic mass is 79.9. The second-order valence-corrected chi connectivity index (χ2v) is 8.51. The molecule has 0 bridgehead atoms. The maximum atomic E-state index is 13.0. The molecule has 0 aliphatic rings. The zero-order valence-electron chi connectivity index (χ0n) is 17.5. The molecule has 0 saturated heterocycles.